The van der Waals surface area contributed by atoms with Crippen LogP contribution in [0.15, 0.2) is 18.2 Å². The molecule has 0 unspecified atom stereocenters. The number of benzene rings is 1. The van der Waals surface area contributed by atoms with Gasteiger partial charge in [-0.05, 0) is 25.0 Å². The molecule has 1 rings (SSSR count). The lowest BCUT2D eigenvalue weighted by Gasteiger charge is -2.10. The van der Waals surface area contributed by atoms with Gasteiger partial charge in [0, 0.05) is 6.42 Å². The van der Waals surface area contributed by atoms with Gasteiger partial charge in [-0.2, -0.15) is 0 Å². The van der Waals surface area contributed by atoms with Crippen LogP contribution in [0.1, 0.15) is 67.8 Å². The quantitative estimate of drug-likeness (QED) is 0.663. The van der Waals surface area contributed by atoms with Gasteiger partial charge < -0.3 is 10.4 Å². The van der Waals surface area contributed by atoms with Crippen LogP contribution in [-0.2, 0) is 4.79 Å². The molecule has 0 aliphatic carbocycles. The van der Waals surface area contributed by atoms with E-state index in [-0.39, 0.29) is 11.5 Å². The molecule has 0 aliphatic rings. The zero-order valence-electron chi connectivity index (χ0n) is 12.9. The molecule has 0 aliphatic heterocycles. The topological polar surface area (TPSA) is 66.4 Å². The van der Waals surface area contributed by atoms with Gasteiger partial charge >= 0.3 is 5.97 Å². The van der Waals surface area contributed by atoms with Crippen molar-refractivity contribution in [2.45, 2.75) is 58.8 Å². The molecule has 0 saturated carbocycles. The molecule has 21 heavy (non-hydrogen) atoms. The molecule has 0 atom stereocenters. The first kappa shape index (κ1) is 17.2. The van der Waals surface area contributed by atoms with Crippen LogP contribution in [0.4, 0.5) is 5.69 Å². The van der Waals surface area contributed by atoms with Gasteiger partial charge in [0.2, 0.25) is 5.91 Å². The van der Waals surface area contributed by atoms with Crippen LogP contribution in [0.25, 0.3) is 0 Å². The molecule has 0 bridgehead atoms. The smallest absolute Gasteiger partial charge is 0.338 e. The SMILES string of the molecule is CCCCCCCCC(=O)Nc1cccc(C)c1C(=O)O. The number of hydrogen-bond acceptors (Lipinski definition) is 2. The Morgan fingerprint density at radius 1 is 1.10 bits per heavy atom. The van der Waals surface area contributed by atoms with Crippen molar-refractivity contribution < 1.29 is 14.7 Å². The molecule has 116 valence electrons. The van der Waals surface area contributed by atoms with Gasteiger partial charge in [-0.25, -0.2) is 4.79 Å². The lowest BCUT2D eigenvalue weighted by atomic mass is 10.1. The van der Waals surface area contributed by atoms with Gasteiger partial charge in [-0.3, -0.25) is 4.79 Å². The molecule has 0 saturated heterocycles. The summed E-state index contributed by atoms with van der Waals surface area (Å²) in [5, 5.41) is 11.9. The molecule has 4 nitrogen and oxygen atoms in total. The molecule has 2 N–H and O–H groups in total. The normalized spacial score (nSPS) is 10.4. The third-order valence-corrected chi connectivity index (χ3v) is 3.52. The van der Waals surface area contributed by atoms with Crippen LogP contribution in [0, 0.1) is 6.92 Å². The van der Waals surface area contributed by atoms with Crippen molar-refractivity contribution in [3.05, 3.63) is 29.3 Å². The molecule has 1 amide bonds. The van der Waals surface area contributed by atoms with Crippen LogP contribution in [0.3, 0.4) is 0 Å². The summed E-state index contributed by atoms with van der Waals surface area (Å²) >= 11 is 0. The van der Waals surface area contributed by atoms with Crippen molar-refractivity contribution in [3.63, 3.8) is 0 Å². The number of aryl methyl sites for hydroxylation is 1. The summed E-state index contributed by atoms with van der Waals surface area (Å²) < 4.78 is 0. The van der Waals surface area contributed by atoms with Crippen molar-refractivity contribution in [2.75, 3.05) is 5.32 Å². The second-order valence-corrected chi connectivity index (χ2v) is 5.37. The van der Waals surface area contributed by atoms with Crippen molar-refractivity contribution in [3.8, 4) is 0 Å². The van der Waals surface area contributed by atoms with Crippen LogP contribution in [0.5, 0.6) is 0 Å². The molecule has 4 heteroatoms. The number of aromatic carboxylic acids is 1. The van der Waals surface area contributed by atoms with Gasteiger partial charge in [-0.15, -0.1) is 0 Å². The average Bonchev–Trinajstić information content (AvgIpc) is 2.42. The van der Waals surface area contributed by atoms with E-state index in [2.05, 4.69) is 12.2 Å². The molecule has 0 aromatic heterocycles. The first-order valence-electron chi connectivity index (χ1n) is 7.69. The highest BCUT2D eigenvalue weighted by Gasteiger charge is 2.14. The minimum absolute atomic E-state index is 0.112. The van der Waals surface area contributed by atoms with E-state index in [4.69, 9.17) is 0 Å². The van der Waals surface area contributed by atoms with Crippen molar-refractivity contribution in [1.82, 2.24) is 0 Å². The second kappa shape index (κ2) is 9.16. The molecule has 1 aromatic rings. The number of rotatable bonds is 9. The summed E-state index contributed by atoms with van der Waals surface area (Å²) in [6, 6.07) is 5.12. The number of carbonyl (C=O) groups is 2. The van der Waals surface area contributed by atoms with Crippen molar-refractivity contribution >= 4 is 17.6 Å². The maximum atomic E-state index is 11.9. The van der Waals surface area contributed by atoms with E-state index in [9.17, 15) is 14.7 Å². The number of hydrogen-bond donors (Lipinski definition) is 2. The fourth-order valence-corrected chi connectivity index (χ4v) is 2.33. The molecule has 0 heterocycles. The third kappa shape index (κ3) is 5.98. The van der Waals surface area contributed by atoms with Crippen molar-refractivity contribution in [2.24, 2.45) is 0 Å². The Morgan fingerprint density at radius 2 is 1.76 bits per heavy atom. The average molecular weight is 291 g/mol. The fraction of sp³-hybridized carbons (Fsp3) is 0.529. The van der Waals surface area contributed by atoms with E-state index < -0.39 is 5.97 Å². The standard InChI is InChI=1S/C17H25NO3/c1-3-4-5-6-7-8-12-15(19)18-14-11-9-10-13(2)16(14)17(20)21/h9-11H,3-8,12H2,1-2H3,(H,18,19)(H,20,21). The minimum Gasteiger partial charge on any atom is -0.478 e. The Morgan fingerprint density at radius 3 is 2.43 bits per heavy atom. The summed E-state index contributed by atoms with van der Waals surface area (Å²) in [6.07, 6.45) is 7.18. The summed E-state index contributed by atoms with van der Waals surface area (Å²) in [7, 11) is 0. The monoisotopic (exact) mass is 291 g/mol. The number of unbranched alkanes of at least 4 members (excludes halogenated alkanes) is 5. The molecule has 0 fully saturated rings. The molecular formula is C17H25NO3. The van der Waals surface area contributed by atoms with Gasteiger partial charge in [0.05, 0.1) is 11.3 Å². The third-order valence-electron chi connectivity index (χ3n) is 3.52. The lowest BCUT2D eigenvalue weighted by Crippen LogP contribution is -2.15. The van der Waals surface area contributed by atoms with Gasteiger partial charge in [0.25, 0.3) is 0 Å². The highest BCUT2D eigenvalue weighted by Crippen LogP contribution is 2.20. The molecular weight excluding hydrogens is 266 g/mol. The second-order valence-electron chi connectivity index (χ2n) is 5.37. The molecule has 0 radical (unpaired) electrons. The van der Waals surface area contributed by atoms with E-state index >= 15 is 0 Å². The van der Waals surface area contributed by atoms with Gasteiger partial charge in [-0.1, -0.05) is 51.2 Å². The predicted octanol–water partition coefficient (Wildman–Crippen LogP) is 4.38. The number of amides is 1. The largest absolute Gasteiger partial charge is 0.478 e. The molecule has 0 spiro atoms. The Kier molecular flexibility index (Phi) is 7.51. The van der Waals surface area contributed by atoms with Crippen molar-refractivity contribution in [1.29, 1.82) is 0 Å². The summed E-state index contributed by atoms with van der Waals surface area (Å²) in [5.74, 6) is -1.12. The zero-order chi connectivity index (χ0) is 15.7. The maximum Gasteiger partial charge on any atom is 0.338 e. The molecule has 1 aromatic carbocycles. The maximum absolute atomic E-state index is 11.9. The highest BCUT2D eigenvalue weighted by atomic mass is 16.4. The fourth-order valence-electron chi connectivity index (χ4n) is 2.33. The van der Waals surface area contributed by atoms with E-state index in [0.717, 1.165) is 19.3 Å². The van der Waals surface area contributed by atoms with Crippen LogP contribution in [-0.4, -0.2) is 17.0 Å². The lowest BCUT2D eigenvalue weighted by molar-refractivity contribution is -0.116. The van der Waals surface area contributed by atoms with E-state index in [1.54, 1.807) is 25.1 Å². The summed E-state index contributed by atoms with van der Waals surface area (Å²) in [5.41, 5.74) is 1.21. The van der Waals surface area contributed by atoms with Crippen LogP contribution < -0.4 is 5.32 Å². The van der Waals surface area contributed by atoms with E-state index in [1.807, 2.05) is 0 Å². The van der Waals surface area contributed by atoms with Crippen LogP contribution in [0.2, 0.25) is 0 Å². The van der Waals surface area contributed by atoms with E-state index in [0.29, 0.717) is 17.7 Å². The Bertz CT molecular complexity index is 483. The van der Waals surface area contributed by atoms with E-state index in [1.165, 1.54) is 19.3 Å². The highest BCUT2D eigenvalue weighted by molar-refractivity contribution is 6.01. The Labute approximate surface area is 126 Å². The number of anilines is 1. The zero-order valence-corrected chi connectivity index (χ0v) is 12.9. The summed E-state index contributed by atoms with van der Waals surface area (Å²) in [6.45, 7) is 3.90. The van der Waals surface area contributed by atoms with Gasteiger partial charge in [0.15, 0.2) is 0 Å². The first-order chi connectivity index (χ1) is 10.1. The predicted molar refractivity (Wildman–Crippen MR) is 84.8 cm³/mol. The number of carboxylic acid groups (broad SMARTS) is 1. The van der Waals surface area contributed by atoms with Crippen LogP contribution >= 0.6 is 0 Å². The Balaban J connectivity index is 2.45. The first-order valence-corrected chi connectivity index (χ1v) is 7.69. The Hall–Kier alpha value is -1.84. The number of nitrogens with one attached hydrogen (secondary N) is 1. The minimum atomic E-state index is -1.01. The van der Waals surface area contributed by atoms with Gasteiger partial charge in [0.1, 0.15) is 0 Å². The number of carboxylic acids is 1. The number of carbonyl (C=O) groups excluding carboxylic acids is 1. The summed E-state index contributed by atoms with van der Waals surface area (Å²) in [4.78, 5) is 23.1.